The van der Waals surface area contributed by atoms with Gasteiger partial charge >= 0.3 is 23.9 Å². The van der Waals surface area contributed by atoms with E-state index >= 15 is 0 Å². The van der Waals surface area contributed by atoms with Crippen LogP contribution < -0.4 is 0 Å². The number of methoxy groups -OCH3 is 1. The maximum absolute atomic E-state index is 13.6. The smallest absolute Gasteiger partial charge is 0.346 e. The Bertz CT molecular complexity index is 1340. The van der Waals surface area contributed by atoms with Crippen molar-refractivity contribution in [3.05, 3.63) is 47.3 Å². The highest BCUT2D eigenvalue weighted by atomic mass is 16.6. The van der Waals surface area contributed by atoms with E-state index in [1.165, 1.54) is 13.2 Å². The van der Waals surface area contributed by atoms with Crippen molar-refractivity contribution in [2.24, 2.45) is 29.6 Å². The molecule has 12 heteroatoms. The van der Waals surface area contributed by atoms with Gasteiger partial charge in [-0.05, 0) is 43.8 Å². The number of rotatable bonds is 1. The second kappa shape index (κ2) is 11.9. The average Bonchev–Trinajstić information content (AvgIpc) is 3.26. The van der Waals surface area contributed by atoms with E-state index in [9.17, 15) is 29.4 Å². The van der Waals surface area contributed by atoms with Crippen LogP contribution in [0.5, 0.6) is 0 Å². The van der Waals surface area contributed by atoms with Gasteiger partial charge in [-0.15, -0.1) is 0 Å². The normalized spacial score (nSPS) is 42.5. The number of carbonyl (C=O) groups excluding carboxylic acids is 4. The lowest BCUT2D eigenvalue weighted by atomic mass is 9.52. The maximum Gasteiger partial charge on any atom is 0.346 e. The van der Waals surface area contributed by atoms with E-state index in [4.69, 9.17) is 23.7 Å². The zero-order chi connectivity index (χ0) is 31.3. The number of aliphatic hydroxyl groups excluding tert-OH is 2. The van der Waals surface area contributed by atoms with Crippen LogP contribution in [0.3, 0.4) is 0 Å². The summed E-state index contributed by atoms with van der Waals surface area (Å²) in [6.07, 6.45) is 4.57. The van der Waals surface area contributed by atoms with Gasteiger partial charge in [0.2, 0.25) is 0 Å². The number of carbonyl (C=O) groups is 4. The van der Waals surface area contributed by atoms with Crippen LogP contribution in [0.25, 0.3) is 0 Å². The fourth-order valence-electron chi connectivity index (χ4n) is 7.90. The lowest BCUT2D eigenvalue weighted by molar-refractivity contribution is -0.276. The molecule has 0 amide bonds. The molecule has 0 radical (unpaired) electrons. The van der Waals surface area contributed by atoms with Crippen LogP contribution in [0, 0.1) is 29.6 Å². The van der Waals surface area contributed by atoms with Gasteiger partial charge in [0, 0.05) is 31.3 Å². The molecule has 0 aromatic rings. The lowest BCUT2D eigenvalue weighted by Crippen LogP contribution is -2.69. The Morgan fingerprint density at radius 2 is 1.80 bits per heavy atom. The van der Waals surface area contributed by atoms with Crippen molar-refractivity contribution >= 4 is 23.9 Å². The molecule has 5 heterocycles. The third-order valence-electron chi connectivity index (χ3n) is 10.2. The van der Waals surface area contributed by atoms with Gasteiger partial charge in [0.25, 0.3) is 0 Å². The Morgan fingerprint density at radius 1 is 1.00 bits per heavy atom. The maximum atomic E-state index is 13.6. The largest absolute Gasteiger partial charge is 0.498 e. The molecule has 2 saturated heterocycles. The molecular weight excluding hydrogens is 576 g/mol. The molecule has 7 aliphatic rings. The highest BCUT2D eigenvalue weighted by molar-refractivity contribution is 6.14. The quantitative estimate of drug-likeness (QED) is 0.189. The summed E-state index contributed by atoms with van der Waals surface area (Å²) >= 11 is 0. The molecule has 44 heavy (non-hydrogen) atoms. The summed E-state index contributed by atoms with van der Waals surface area (Å²) in [7, 11) is 1.41. The molecule has 2 aliphatic carbocycles. The first-order valence-corrected chi connectivity index (χ1v) is 15.1. The average molecular weight is 615 g/mol. The number of esters is 4. The monoisotopic (exact) mass is 614 g/mol. The van der Waals surface area contributed by atoms with E-state index in [1.807, 2.05) is 26.0 Å². The molecule has 1 saturated carbocycles. The number of hydrogen-bond donors (Lipinski definition) is 2. The van der Waals surface area contributed by atoms with Crippen LogP contribution in [0.1, 0.15) is 39.5 Å². The van der Waals surface area contributed by atoms with Crippen molar-refractivity contribution < 1.29 is 57.8 Å². The van der Waals surface area contributed by atoms with Crippen molar-refractivity contribution in [3.8, 4) is 0 Å². The van der Waals surface area contributed by atoms with E-state index in [-0.39, 0.29) is 73.4 Å². The van der Waals surface area contributed by atoms with Gasteiger partial charge in [-0.25, -0.2) is 14.4 Å². The molecule has 2 N–H and O–H groups in total. The number of aliphatic hydroxyl groups is 2. The van der Waals surface area contributed by atoms with Crippen molar-refractivity contribution in [3.63, 3.8) is 0 Å². The predicted molar refractivity (Wildman–Crippen MR) is 149 cm³/mol. The van der Waals surface area contributed by atoms with Crippen LogP contribution in [-0.2, 0) is 47.6 Å². The fourth-order valence-corrected chi connectivity index (χ4v) is 7.90. The first kappa shape index (κ1) is 30.7. The van der Waals surface area contributed by atoms with E-state index < -0.39 is 59.8 Å². The number of cyclic esters (lactones) is 3. The molecule has 1 spiro atoms. The minimum atomic E-state index is -1.40. The van der Waals surface area contributed by atoms with Crippen molar-refractivity contribution in [2.45, 2.75) is 75.7 Å². The van der Waals surface area contributed by atoms with Crippen LogP contribution >= 0.6 is 0 Å². The summed E-state index contributed by atoms with van der Waals surface area (Å²) in [5.74, 6) is -4.51. The summed E-state index contributed by atoms with van der Waals surface area (Å²) < 4.78 is 34.2. The van der Waals surface area contributed by atoms with Crippen LogP contribution in [0.4, 0.5) is 0 Å². The van der Waals surface area contributed by atoms with Crippen molar-refractivity contribution in [2.75, 3.05) is 20.3 Å². The van der Waals surface area contributed by atoms with Gasteiger partial charge in [0.1, 0.15) is 31.0 Å². The summed E-state index contributed by atoms with van der Waals surface area (Å²) in [6, 6.07) is 0. The molecule has 12 nitrogen and oxygen atoms in total. The van der Waals surface area contributed by atoms with Crippen LogP contribution in [0.2, 0.25) is 0 Å². The van der Waals surface area contributed by atoms with Gasteiger partial charge < -0.3 is 38.6 Å². The first-order chi connectivity index (χ1) is 21.0. The number of allylic oxidation sites excluding steroid dienone is 1. The Hall–Kier alpha value is -3.32. The second-order valence-corrected chi connectivity index (χ2v) is 12.5. The SMILES string of the molecule is COC1CC2C=CC3CC4OC2(C(C)=CC2COC(=O)CCC5=C(C=COCC(O)C2OC1=O)C(=O)OC5=O)C3C(O)C4C. The van der Waals surface area contributed by atoms with Gasteiger partial charge in [0.15, 0.2) is 6.10 Å². The molecule has 4 bridgehead atoms. The van der Waals surface area contributed by atoms with Gasteiger partial charge in [-0.1, -0.05) is 25.2 Å². The highest BCUT2D eigenvalue weighted by Crippen LogP contribution is 2.59. The molecule has 5 aliphatic heterocycles. The summed E-state index contributed by atoms with van der Waals surface area (Å²) in [6.45, 7) is 3.25. The van der Waals surface area contributed by atoms with Gasteiger partial charge in [-0.2, -0.15) is 0 Å². The molecule has 7 rings (SSSR count). The van der Waals surface area contributed by atoms with Crippen molar-refractivity contribution in [1.29, 1.82) is 0 Å². The van der Waals surface area contributed by atoms with Crippen LogP contribution in [0.15, 0.2) is 47.3 Å². The first-order valence-electron chi connectivity index (χ1n) is 15.1. The third kappa shape index (κ3) is 5.11. The number of ether oxygens (including phenoxy) is 6. The third-order valence-corrected chi connectivity index (χ3v) is 10.2. The van der Waals surface area contributed by atoms with Crippen molar-refractivity contribution in [1.82, 2.24) is 0 Å². The Kier molecular flexibility index (Phi) is 8.29. The van der Waals surface area contributed by atoms with E-state index in [1.54, 1.807) is 0 Å². The summed E-state index contributed by atoms with van der Waals surface area (Å²) in [5.41, 5.74) is -0.212. The number of hydrogen-bond acceptors (Lipinski definition) is 12. The minimum Gasteiger partial charge on any atom is -0.498 e. The Morgan fingerprint density at radius 3 is 2.55 bits per heavy atom. The van der Waals surface area contributed by atoms with Gasteiger partial charge in [0.05, 0.1) is 35.5 Å². The van der Waals surface area contributed by atoms with E-state index in [2.05, 4.69) is 10.8 Å². The Balaban J connectivity index is 1.39. The molecule has 0 aromatic carbocycles. The Labute approximate surface area is 254 Å². The lowest BCUT2D eigenvalue weighted by Gasteiger charge is -2.64. The fraction of sp³-hybridized carbons (Fsp3) is 0.625. The molecule has 0 aromatic heterocycles. The standard InChI is InChI=1S/C32H38O12/c1-15-10-18-13-41-25(34)7-6-20-21(30(37)43-29(20)36)8-9-40-14-22(33)28(18)42-31(38)24(39-3)12-19-5-4-17-11-23-16(2)27(35)26(17)32(15,19)44-23/h4-5,8-10,16-19,22-24,26-28,33,35H,6-7,11-14H2,1-3H3. The molecule has 238 valence electrons. The zero-order valence-corrected chi connectivity index (χ0v) is 24.9. The predicted octanol–water partition coefficient (Wildman–Crippen LogP) is 1.44. The molecule has 3 fully saturated rings. The number of fused-ring (bicyclic) bond motifs is 2. The topological polar surface area (TPSA) is 164 Å². The van der Waals surface area contributed by atoms with E-state index in [0.717, 1.165) is 18.3 Å². The van der Waals surface area contributed by atoms with E-state index in [0.29, 0.717) is 0 Å². The highest BCUT2D eigenvalue weighted by Gasteiger charge is 2.64. The van der Waals surface area contributed by atoms with Crippen LogP contribution in [-0.4, -0.2) is 90.5 Å². The second-order valence-electron chi connectivity index (χ2n) is 12.5. The minimum absolute atomic E-state index is 0.0265. The molecule has 11 unspecified atom stereocenters. The molecule has 11 atom stereocenters. The summed E-state index contributed by atoms with van der Waals surface area (Å²) in [5, 5.41) is 22.8. The zero-order valence-electron chi connectivity index (χ0n) is 24.9. The van der Waals surface area contributed by atoms with Gasteiger partial charge in [-0.3, -0.25) is 4.79 Å². The molecular formula is C32H38O12. The summed E-state index contributed by atoms with van der Waals surface area (Å²) in [4.78, 5) is 50.8.